The van der Waals surface area contributed by atoms with Gasteiger partial charge in [0.1, 0.15) is 6.29 Å². The van der Waals surface area contributed by atoms with Gasteiger partial charge in [-0.25, -0.2) is 5.01 Å². The summed E-state index contributed by atoms with van der Waals surface area (Å²) in [5.41, 5.74) is 1.93. The summed E-state index contributed by atoms with van der Waals surface area (Å²) in [6.07, 6.45) is 4.38. The lowest BCUT2D eigenvalue weighted by Crippen LogP contribution is -2.38. The van der Waals surface area contributed by atoms with Crippen molar-refractivity contribution in [2.75, 3.05) is 6.54 Å². The van der Waals surface area contributed by atoms with Crippen molar-refractivity contribution in [3.8, 4) is 0 Å². The van der Waals surface area contributed by atoms with Crippen molar-refractivity contribution in [2.24, 2.45) is 5.84 Å². The van der Waals surface area contributed by atoms with Crippen LogP contribution in [0.3, 0.4) is 0 Å². The van der Waals surface area contributed by atoms with Crippen LogP contribution in [0.1, 0.15) is 41.2 Å². The fraction of sp³-hybridized carbons (Fsp3) is 0.417. The fourth-order valence-electron chi connectivity index (χ4n) is 2.11. The Morgan fingerprint density at radius 3 is 2.60 bits per heavy atom. The summed E-state index contributed by atoms with van der Waals surface area (Å²) >= 11 is 0. The first-order chi connectivity index (χ1) is 7.31. The van der Waals surface area contributed by atoms with Crippen LogP contribution < -0.4 is 5.84 Å². The molecule has 1 fully saturated rings. The molecular weight excluding hydrogens is 188 g/mol. The highest BCUT2D eigenvalue weighted by molar-refractivity contribution is 5.74. The molecule has 1 aromatic carbocycles. The Hall–Kier alpha value is -1.19. The van der Waals surface area contributed by atoms with Crippen LogP contribution in [-0.2, 0) is 0 Å². The van der Waals surface area contributed by atoms with E-state index in [1.165, 1.54) is 18.4 Å². The Kier molecular flexibility index (Phi) is 3.14. The normalized spacial score (nSPS) is 22.6. The number of nitrogens with zero attached hydrogens (tertiary/aromatic N) is 1. The minimum absolute atomic E-state index is 0.319. The van der Waals surface area contributed by atoms with Crippen LogP contribution in [0.4, 0.5) is 0 Å². The molecule has 1 aromatic rings. The van der Waals surface area contributed by atoms with Crippen molar-refractivity contribution in [1.82, 2.24) is 5.01 Å². The quantitative estimate of drug-likeness (QED) is 0.591. The average molecular weight is 204 g/mol. The van der Waals surface area contributed by atoms with Crippen LogP contribution in [0.25, 0.3) is 0 Å². The zero-order chi connectivity index (χ0) is 10.7. The molecule has 3 nitrogen and oxygen atoms in total. The number of nitrogens with two attached hydrogens (primary N) is 1. The maximum Gasteiger partial charge on any atom is 0.150 e. The second-order valence-corrected chi connectivity index (χ2v) is 4.03. The van der Waals surface area contributed by atoms with Crippen LogP contribution in [-0.4, -0.2) is 17.8 Å². The summed E-state index contributed by atoms with van der Waals surface area (Å²) in [5.74, 6) is 5.95. The average Bonchev–Trinajstić information content (AvgIpc) is 2.30. The number of piperidine rings is 1. The molecule has 2 N–H and O–H groups in total. The van der Waals surface area contributed by atoms with Crippen LogP contribution in [0.15, 0.2) is 24.3 Å². The van der Waals surface area contributed by atoms with Crippen molar-refractivity contribution in [1.29, 1.82) is 0 Å². The fourth-order valence-corrected chi connectivity index (χ4v) is 2.11. The third-order valence-electron chi connectivity index (χ3n) is 3.00. The molecule has 15 heavy (non-hydrogen) atoms. The van der Waals surface area contributed by atoms with E-state index in [1.807, 2.05) is 29.3 Å². The Morgan fingerprint density at radius 2 is 2.00 bits per heavy atom. The van der Waals surface area contributed by atoms with E-state index in [0.717, 1.165) is 24.8 Å². The minimum atomic E-state index is 0.319. The van der Waals surface area contributed by atoms with E-state index in [-0.39, 0.29) is 0 Å². The predicted molar refractivity (Wildman–Crippen MR) is 59.3 cm³/mol. The summed E-state index contributed by atoms with van der Waals surface area (Å²) in [5, 5.41) is 1.90. The topological polar surface area (TPSA) is 46.3 Å². The molecule has 0 amide bonds. The van der Waals surface area contributed by atoms with E-state index >= 15 is 0 Å². The smallest absolute Gasteiger partial charge is 0.150 e. The molecule has 1 heterocycles. The first-order valence-corrected chi connectivity index (χ1v) is 5.38. The molecule has 0 aromatic heterocycles. The molecule has 0 bridgehead atoms. The van der Waals surface area contributed by atoms with Crippen molar-refractivity contribution >= 4 is 6.29 Å². The lowest BCUT2D eigenvalue weighted by Gasteiger charge is -2.32. The summed E-state index contributed by atoms with van der Waals surface area (Å²) in [7, 11) is 0. The van der Waals surface area contributed by atoms with Gasteiger partial charge in [0.2, 0.25) is 0 Å². The largest absolute Gasteiger partial charge is 0.298 e. The van der Waals surface area contributed by atoms with Gasteiger partial charge in [-0.05, 0) is 18.4 Å². The van der Waals surface area contributed by atoms with Crippen LogP contribution in [0, 0.1) is 0 Å². The van der Waals surface area contributed by atoms with E-state index in [1.54, 1.807) is 0 Å². The van der Waals surface area contributed by atoms with Crippen molar-refractivity contribution in [2.45, 2.75) is 25.3 Å². The SMILES string of the molecule is NN1CCCCC1c1ccc(C=O)cc1. The Morgan fingerprint density at radius 1 is 1.27 bits per heavy atom. The van der Waals surface area contributed by atoms with E-state index in [2.05, 4.69) is 0 Å². The second-order valence-electron chi connectivity index (χ2n) is 4.03. The van der Waals surface area contributed by atoms with Crippen LogP contribution in [0.2, 0.25) is 0 Å². The molecule has 1 unspecified atom stereocenters. The molecule has 1 aliphatic heterocycles. The number of carbonyl (C=O) groups is 1. The van der Waals surface area contributed by atoms with Gasteiger partial charge in [0.15, 0.2) is 0 Å². The highest BCUT2D eigenvalue weighted by Crippen LogP contribution is 2.28. The van der Waals surface area contributed by atoms with Crippen LogP contribution in [0.5, 0.6) is 0 Å². The van der Waals surface area contributed by atoms with Gasteiger partial charge in [-0.1, -0.05) is 30.7 Å². The molecule has 3 heteroatoms. The Balaban J connectivity index is 2.16. The van der Waals surface area contributed by atoms with Gasteiger partial charge in [-0.3, -0.25) is 10.6 Å². The zero-order valence-electron chi connectivity index (χ0n) is 8.73. The van der Waals surface area contributed by atoms with E-state index in [9.17, 15) is 4.79 Å². The number of carbonyl (C=O) groups excluding carboxylic acids is 1. The highest BCUT2D eigenvalue weighted by atomic mass is 16.1. The summed E-state index contributed by atoms with van der Waals surface area (Å²) in [6, 6.07) is 8.02. The summed E-state index contributed by atoms with van der Waals surface area (Å²) in [4.78, 5) is 10.5. The minimum Gasteiger partial charge on any atom is -0.298 e. The Bertz CT molecular complexity index is 334. The van der Waals surface area contributed by atoms with Crippen molar-refractivity contribution < 1.29 is 4.79 Å². The summed E-state index contributed by atoms with van der Waals surface area (Å²) < 4.78 is 0. The summed E-state index contributed by atoms with van der Waals surface area (Å²) in [6.45, 7) is 0.958. The molecular formula is C12H16N2O. The zero-order valence-corrected chi connectivity index (χ0v) is 8.73. The molecule has 2 rings (SSSR count). The van der Waals surface area contributed by atoms with Gasteiger partial charge in [0.05, 0.1) is 0 Å². The molecule has 1 saturated heterocycles. The van der Waals surface area contributed by atoms with Gasteiger partial charge in [0, 0.05) is 18.2 Å². The molecule has 1 aliphatic rings. The van der Waals surface area contributed by atoms with Gasteiger partial charge >= 0.3 is 0 Å². The second kappa shape index (κ2) is 4.55. The number of aldehydes is 1. The van der Waals surface area contributed by atoms with E-state index in [0.29, 0.717) is 6.04 Å². The lowest BCUT2D eigenvalue weighted by molar-refractivity contribution is 0.112. The number of hydrogen-bond donors (Lipinski definition) is 1. The monoisotopic (exact) mass is 204 g/mol. The van der Waals surface area contributed by atoms with Crippen molar-refractivity contribution in [3.05, 3.63) is 35.4 Å². The van der Waals surface area contributed by atoms with Crippen molar-refractivity contribution in [3.63, 3.8) is 0 Å². The van der Waals surface area contributed by atoms with Gasteiger partial charge in [0.25, 0.3) is 0 Å². The third-order valence-corrected chi connectivity index (χ3v) is 3.00. The molecule has 0 radical (unpaired) electrons. The number of hydrazine groups is 1. The molecule has 80 valence electrons. The maximum atomic E-state index is 10.5. The maximum absolute atomic E-state index is 10.5. The van der Waals surface area contributed by atoms with Gasteiger partial charge in [-0.15, -0.1) is 0 Å². The van der Waals surface area contributed by atoms with Gasteiger partial charge in [-0.2, -0.15) is 0 Å². The predicted octanol–water partition coefficient (Wildman–Crippen LogP) is 1.90. The van der Waals surface area contributed by atoms with Gasteiger partial charge < -0.3 is 0 Å². The first kappa shape index (κ1) is 10.3. The molecule has 1 atom stereocenters. The molecule has 0 saturated carbocycles. The Labute approximate surface area is 89.8 Å². The van der Waals surface area contributed by atoms with E-state index < -0.39 is 0 Å². The first-order valence-electron chi connectivity index (χ1n) is 5.38. The molecule has 0 aliphatic carbocycles. The van der Waals surface area contributed by atoms with E-state index in [4.69, 9.17) is 5.84 Å². The van der Waals surface area contributed by atoms with Crippen LogP contribution >= 0.6 is 0 Å². The standard InChI is InChI=1S/C12H16N2O/c13-14-8-2-1-3-12(14)11-6-4-10(9-15)5-7-11/h4-7,9,12H,1-3,8,13H2. The highest BCUT2D eigenvalue weighted by Gasteiger charge is 2.20. The third kappa shape index (κ3) is 2.25. The number of benzene rings is 1. The molecule has 0 spiro atoms. The number of hydrogen-bond acceptors (Lipinski definition) is 3. The number of rotatable bonds is 2. The lowest BCUT2D eigenvalue weighted by atomic mass is 9.96.